The van der Waals surface area contributed by atoms with Gasteiger partial charge in [-0.2, -0.15) is 0 Å². The minimum Gasteiger partial charge on any atom is -0.409 e. The molecule has 98 valence electrons. The van der Waals surface area contributed by atoms with Gasteiger partial charge in [0, 0.05) is 38.6 Å². The Kier molecular flexibility index (Phi) is 3.93. The van der Waals surface area contributed by atoms with Crippen molar-refractivity contribution in [2.24, 2.45) is 10.9 Å². The van der Waals surface area contributed by atoms with E-state index in [4.69, 9.17) is 10.9 Å². The highest BCUT2D eigenvalue weighted by Gasteiger charge is 2.24. The lowest BCUT2D eigenvalue weighted by Crippen LogP contribution is -2.53. The van der Waals surface area contributed by atoms with Crippen LogP contribution in [0.25, 0.3) is 0 Å². The van der Waals surface area contributed by atoms with Crippen molar-refractivity contribution >= 4 is 11.8 Å². The second-order valence-corrected chi connectivity index (χ2v) is 4.27. The van der Waals surface area contributed by atoms with E-state index in [1.807, 2.05) is 6.92 Å². The zero-order valence-electron chi connectivity index (χ0n) is 10.4. The molecule has 1 atom stereocenters. The van der Waals surface area contributed by atoms with Crippen molar-refractivity contribution in [1.82, 2.24) is 14.9 Å². The fraction of sp³-hybridized carbons (Fsp3) is 0.545. The van der Waals surface area contributed by atoms with Crippen molar-refractivity contribution in [3.05, 3.63) is 18.5 Å². The third kappa shape index (κ3) is 2.67. The lowest BCUT2D eigenvalue weighted by atomic mass is 10.2. The quantitative estimate of drug-likeness (QED) is 0.332. The van der Waals surface area contributed by atoms with E-state index >= 15 is 0 Å². The summed E-state index contributed by atoms with van der Waals surface area (Å²) >= 11 is 0. The third-order valence-corrected chi connectivity index (χ3v) is 3.24. The first-order valence-electron chi connectivity index (χ1n) is 5.96. The maximum absolute atomic E-state index is 8.67. The number of rotatable bonds is 3. The molecule has 18 heavy (non-hydrogen) atoms. The number of aromatic nitrogens is 2. The summed E-state index contributed by atoms with van der Waals surface area (Å²) in [5.41, 5.74) is 5.61. The van der Waals surface area contributed by atoms with Crippen LogP contribution in [-0.2, 0) is 0 Å². The number of hydrogen-bond acceptors (Lipinski definition) is 6. The van der Waals surface area contributed by atoms with Crippen LogP contribution in [0.15, 0.2) is 23.6 Å². The zero-order valence-corrected chi connectivity index (χ0v) is 10.4. The van der Waals surface area contributed by atoms with Crippen molar-refractivity contribution in [3.8, 4) is 0 Å². The van der Waals surface area contributed by atoms with Crippen LogP contribution in [0.3, 0.4) is 0 Å². The Morgan fingerprint density at radius 1 is 1.33 bits per heavy atom. The van der Waals surface area contributed by atoms with Crippen LogP contribution in [0.1, 0.15) is 6.92 Å². The van der Waals surface area contributed by atoms with Gasteiger partial charge < -0.3 is 15.8 Å². The van der Waals surface area contributed by atoms with Crippen LogP contribution in [0.5, 0.6) is 0 Å². The Bertz CT molecular complexity index is 401. The molecule has 0 spiro atoms. The van der Waals surface area contributed by atoms with Gasteiger partial charge in [-0.25, -0.2) is 9.97 Å². The molecule has 0 aliphatic carbocycles. The molecule has 2 rings (SSSR count). The highest BCUT2D eigenvalue weighted by Crippen LogP contribution is 2.11. The number of amidine groups is 1. The molecule has 1 fully saturated rings. The summed E-state index contributed by atoms with van der Waals surface area (Å²) in [7, 11) is 0. The first-order chi connectivity index (χ1) is 8.72. The molecule has 1 aliphatic heterocycles. The summed E-state index contributed by atoms with van der Waals surface area (Å²) < 4.78 is 0. The average Bonchev–Trinajstić information content (AvgIpc) is 2.47. The maximum atomic E-state index is 8.67. The molecule has 0 bridgehead atoms. The molecular weight excluding hydrogens is 232 g/mol. The molecule has 7 nitrogen and oxygen atoms in total. The predicted molar refractivity (Wildman–Crippen MR) is 68.7 cm³/mol. The second kappa shape index (κ2) is 5.63. The second-order valence-electron chi connectivity index (χ2n) is 4.27. The summed E-state index contributed by atoms with van der Waals surface area (Å²) in [6.45, 7) is 5.30. The van der Waals surface area contributed by atoms with Crippen LogP contribution >= 0.6 is 0 Å². The number of oxime groups is 1. The van der Waals surface area contributed by atoms with Crippen molar-refractivity contribution in [1.29, 1.82) is 0 Å². The Morgan fingerprint density at radius 2 is 1.94 bits per heavy atom. The normalized spacial score (nSPS) is 19.8. The van der Waals surface area contributed by atoms with Gasteiger partial charge in [-0.05, 0) is 13.0 Å². The topological polar surface area (TPSA) is 90.9 Å². The summed E-state index contributed by atoms with van der Waals surface area (Å²) in [5.74, 6) is 1.01. The van der Waals surface area contributed by atoms with E-state index in [1.54, 1.807) is 18.5 Å². The van der Waals surface area contributed by atoms with E-state index in [0.29, 0.717) is 0 Å². The van der Waals surface area contributed by atoms with Crippen LogP contribution in [-0.4, -0.2) is 58.1 Å². The van der Waals surface area contributed by atoms with E-state index in [-0.39, 0.29) is 11.9 Å². The zero-order chi connectivity index (χ0) is 13.0. The molecule has 0 radical (unpaired) electrons. The number of hydrogen-bond donors (Lipinski definition) is 2. The van der Waals surface area contributed by atoms with Crippen LogP contribution in [0, 0.1) is 0 Å². The largest absolute Gasteiger partial charge is 0.409 e. The Morgan fingerprint density at radius 3 is 2.50 bits per heavy atom. The fourth-order valence-corrected chi connectivity index (χ4v) is 2.03. The molecule has 0 amide bonds. The van der Waals surface area contributed by atoms with Crippen LogP contribution in [0.4, 0.5) is 5.95 Å². The Balaban J connectivity index is 1.92. The van der Waals surface area contributed by atoms with E-state index < -0.39 is 0 Å². The van der Waals surface area contributed by atoms with E-state index in [9.17, 15) is 0 Å². The summed E-state index contributed by atoms with van der Waals surface area (Å²) in [5, 5.41) is 11.7. The lowest BCUT2D eigenvalue weighted by molar-refractivity contribution is 0.229. The molecule has 0 aromatic carbocycles. The first kappa shape index (κ1) is 12.6. The summed E-state index contributed by atoms with van der Waals surface area (Å²) in [6, 6.07) is 1.76. The van der Waals surface area contributed by atoms with E-state index in [1.165, 1.54) is 0 Å². The van der Waals surface area contributed by atoms with E-state index in [0.717, 1.165) is 32.1 Å². The standard InChI is InChI=1S/C11H18N6O/c1-9(10(12)15-18)16-5-7-17(8-6-16)11-13-3-2-4-14-11/h2-4,9,18H,5-8H2,1H3,(H2,12,15). The van der Waals surface area contributed by atoms with Gasteiger partial charge in [0.1, 0.15) is 0 Å². The molecule has 3 N–H and O–H groups in total. The van der Waals surface area contributed by atoms with Gasteiger partial charge in [-0.15, -0.1) is 0 Å². The number of piperazine rings is 1. The van der Waals surface area contributed by atoms with Gasteiger partial charge in [0.15, 0.2) is 5.84 Å². The predicted octanol–water partition coefficient (Wildman–Crippen LogP) is -0.266. The molecule has 7 heteroatoms. The minimum absolute atomic E-state index is 0.0474. The monoisotopic (exact) mass is 250 g/mol. The smallest absolute Gasteiger partial charge is 0.225 e. The SMILES string of the molecule is CC(/C(N)=N/O)N1CCN(c2ncccn2)CC1. The van der Waals surface area contributed by atoms with Gasteiger partial charge in [-0.1, -0.05) is 5.16 Å². The van der Waals surface area contributed by atoms with Gasteiger partial charge in [0.05, 0.1) is 6.04 Å². The molecule has 1 aromatic rings. The Hall–Kier alpha value is -1.89. The summed E-state index contributed by atoms with van der Waals surface area (Å²) in [6.07, 6.45) is 3.49. The van der Waals surface area contributed by atoms with Crippen molar-refractivity contribution in [3.63, 3.8) is 0 Å². The fourth-order valence-electron chi connectivity index (χ4n) is 2.03. The molecule has 1 aliphatic rings. The highest BCUT2D eigenvalue weighted by molar-refractivity contribution is 5.84. The highest BCUT2D eigenvalue weighted by atomic mass is 16.4. The maximum Gasteiger partial charge on any atom is 0.225 e. The lowest BCUT2D eigenvalue weighted by Gasteiger charge is -2.37. The van der Waals surface area contributed by atoms with Gasteiger partial charge in [-0.3, -0.25) is 4.90 Å². The number of nitrogens with zero attached hydrogens (tertiary/aromatic N) is 5. The summed E-state index contributed by atoms with van der Waals surface area (Å²) in [4.78, 5) is 12.8. The van der Waals surface area contributed by atoms with E-state index in [2.05, 4.69) is 24.9 Å². The van der Waals surface area contributed by atoms with Gasteiger partial charge >= 0.3 is 0 Å². The molecular formula is C11H18N6O. The first-order valence-corrected chi connectivity index (χ1v) is 5.96. The minimum atomic E-state index is -0.0474. The van der Waals surface area contributed by atoms with Gasteiger partial charge in [0.2, 0.25) is 5.95 Å². The van der Waals surface area contributed by atoms with Crippen LogP contribution in [0.2, 0.25) is 0 Å². The van der Waals surface area contributed by atoms with Crippen molar-refractivity contribution in [2.45, 2.75) is 13.0 Å². The third-order valence-electron chi connectivity index (χ3n) is 3.24. The Labute approximate surface area is 106 Å². The van der Waals surface area contributed by atoms with Crippen LogP contribution < -0.4 is 10.6 Å². The molecule has 1 saturated heterocycles. The number of nitrogens with two attached hydrogens (primary N) is 1. The molecule has 1 unspecified atom stereocenters. The van der Waals surface area contributed by atoms with Crippen molar-refractivity contribution in [2.75, 3.05) is 31.1 Å². The molecule has 2 heterocycles. The van der Waals surface area contributed by atoms with Crippen molar-refractivity contribution < 1.29 is 5.21 Å². The molecule has 0 saturated carbocycles. The molecule has 1 aromatic heterocycles. The number of anilines is 1. The average molecular weight is 250 g/mol. The van der Waals surface area contributed by atoms with Gasteiger partial charge in [0.25, 0.3) is 0 Å².